The van der Waals surface area contributed by atoms with Gasteiger partial charge in [0.25, 0.3) is 0 Å². The van der Waals surface area contributed by atoms with Gasteiger partial charge in [0.05, 0.1) is 17.6 Å². The van der Waals surface area contributed by atoms with E-state index >= 15 is 0 Å². The highest BCUT2D eigenvalue weighted by Crippen LogP contribution is 2.38. The third-order valence-electron chi connectivity index (χ3n) is 4.22. The molecule has 1 aliphatic carbocycles. The molecule has 1 atom stereocenters. The fourth-order valence-corrected chi connectivity index (χ4v) is 3.06. The molecule has 0 aliphatic heterocycles. The van der Waals surface area contributed by atoms with Crippen molar-refractivity contribution in [3.05, 3.63) is 53.6 Å². The Hall–Kier alpha value is -1.61. The zero-order valence-corrected chi connectivity index (χ0v) is 11.0. The predicted octanol–water partition coefficient (Wildman–Crippen LogP) is 2.36. The van der Waals surface area contributed by atoms with Crippen molar-refractivity contribution in [2.24, 2.45) is 0 Å². The second-order valence-electron chi connectivity index (χ2n) is 5.30. The van der Waals surface area contributed by atoms with Gasteiger partial charge in [0.2, 0.25) is 0 Å². The highest BCUT2D eigenvalue weighted by Gasteiger charge is 2.38. The van der Waals surface area contributed by atoms with E-state index in [2.05, 4.69) is 59.3 Å². The Labute approximate surface area is 108 Å². The quantitative estimate of drug-likeness (QED) is 0.875. The Balaban J connectivity index is 2.05. The zero-order chi connectivity index (χ0) is 12.6. The zero-order valence-electron chi connectivity index (χ0n) is 11.0. The summed E-state index contributed by atoms with van der Waals surface area (Å²) in [6, 6.07) is 10.8. The van der Waals surface area contributed by atoms with E-state index in [1.807, 2.05) is 6.33 Å². The molecule has 3 nitrogen and oxygen atoms in total. The highest BCUT2D eigenvalue weighted by atomic mass is 15.2. The minimum Gasteiger partial charge on any atom is -0.348 e. The van der Waals surface area contributed by atoms with Crippen LogP contribution in [0.15, 0.2) is 36.7 Å². The largest absolute Gasteiger partial charge is 0.348 e. The molecule has 2 aromatic rings. The number of nitrogens with zero attached hydrogens (tertiary/aromatic N) is 2. The van der Waals surface area contributed by atoms with Crippen molar-refractivity contribution < 1.29 is 0 Å². The molecule has 1 aromatic carbocycles. The molecular formula is C15H19N3. The molecule has 1 unspecified atom stereocenters. The molecule has 1 heterocycles. The van der Waals surface area contributed by atoms with Crippen molar-refractivity contribution in [1.82, 2.24) is 14.9 Å². The number of H-pyrrole nitrogens is 1. The molecule has 0 saturated heterocycles. The smallest absolute Gasteiger partial charge is 0.0925 e. The molecule has 1 N–H and O–H groups in total. The molecule has 3 heteroatoms. The van der Waals surface area contributed by atoms with Crippen molar-refractivity contribution in [2.75, 3.05) is 14.1 Å². The van der Waals surface area contributed by atoms with Gasteiger partial charge in [-0.3, -0.25) is 4.90 Å². The Morgan fingerprint density at radius 3 is 2.72 bits per heavy atom. The molecule has 1 aliphatic rings. The van der Waals surface area contributed by atoms with E-state index in [4.69, 9.17) is 0 Å². The summed E-state index contributed by atoms with van der Waals surface area (Å²) < 4.78 is 0. The van der Waals surface area contributed by atoms with E-state index in [9.17, 15) is 0 Å². The first-order valence-electron chi connectivity index (χ1n) is 6.46. The maximum absolute atomic E-state index is 4.40. The van der Waals surface area contributed by atoms with Gasteiger partial charge in [-0.2, -0.15) is 0 Å². The number of benzene rings is 1. The van der Waals surface area contributed by atoms with Gasteiger partial charge >= 0.3 is 0 Å². The molecule has 18 heavy (non-hydrogen) atoms. The SMILES string of the molecule is CN(C)C1(c2ccccc2)CCc2nc[nH]c2C1. The van der Waals surface area contributed by atoms with Crippen LogP contribution in [0.1, 0.15) is 23.4 Å². The van der Waals surface area contributed by atoms with Crippen LogP contribution in [-0.4, -0.2) is 29.0 Å². The molecule has 0 spiro atoms. The average Bonchev–Trinajstić information content (AvgIpc) is 2.86. The second kappa shape index (κ2) is 4.25. The van der Waals surface area contributed by atoms with E-state index in [1.54, 1.807) is 0 Å². The number of aromatic nitrogens is 2. The van der Waals surface area contributed by atoms with Gasteiger partial charge < -0.3 is 4.98 Å². The van der Waals surface area contributed by atoms with Crippen molar-refractivity contribution >= 4 is 0 Å². The van der Waals surface area contributed by atoms with Crippen molar-refractivity contribution in [3.8, 4) is 0 Å². The standard InChI is InChI=1S/C15H19N3/c1-18(2)15(12-6-4-3-5-7-12)9-8-13-14(10-15)17-11-16-13/h3-7,11H,8-10H2,1-2H3,(H,16,17). The molecule has 0 radical (unpaired) electrons. The van der Waals surface area contributed by atoms with Crippen LogP contribution >= 0.6 is 0 Å². The predicted molar refractivity (Wildman–Crippen MR) is 72.4 cm³/mol. The maximum Gasteiger partial charge on any atom is 0.0925 e. The van der Waals surface area contributed by atoms with E-state index in [0.717, 1.165) is 19.3 Å². The van der Waals surface area contributed by atoms with Gasteiger partial charge in [-0.05, 0) is 32.5 Å². The Morgan fingerprint density at radius 1 is 1.22 bits per heavy atom. The van der Waals surface area contributed by atoms with Gasteiger partial charge in [0.15, 0.2) is 0 Å². The third-order valence-corrected chi connectivity index (χ3v) is 4.22. The first-order chi connectivity index (χ1) is 8.72. The lowest BCUT2D eigenvalue weighted by Crippen LogP contribution is -2.46. The van der Waals surface area contributed by atoms with Crippen LogP contribution in [0, 0.1) is 0 Å². The van der Waals surface area contributed by atoms with Crippen LogP contribution in [0.25, 0.3) is 0 Å². The number of hydrogen-bond acceptors (Lipinski definition) is 2. The van der Waals surface area contributed by atoms with Crippen LogP contribution in [0.5, 0.6) is 0 Å². The van der Waals surface area contributed by atoms with Gasteiger partial charge in [-0.15, -0.1) is 0 Å². The Bertz CT molecular complexity index is 530. The topological polar surface area (TPSA) is 31.9 Å². The molecule has 0 saturated carbocycles. The second-order valence-corrected chi connectivity index (χ2v) is 5.30. The average molecular weight is 241 g/mol. The molecular weight excluding hydrogens is 222 g/mol. The first-order valence-corrected chi connectivity index (χ1v) is 6.46. The Morgan fingerprint density at radius 2 is 2.00 bits per heavy atom. The van der Waals surface area contributed by atoms with E-state index in [0.29, 0.717) is 0 Å². The number of rotatable bonds is 2. The number of fused-ring (bicyclic) bond motifs is 1. The highest BCUT2D eigenvalue weighted by molar-refractivity contribution is 5.31. The normalized spacial score (nSPS) is 23.1. The molecule has 1 aromatic heterocycles. The van der Waals surface area contributed by atoms with E-state index in [-0.39, 0.29) is 5.54 Å². The van der Waals surface area contributed by atoms with Crippen LogP contribution in [-0.2, 0) is 18.4 Å². The van der Waals surface area contributed by atoms with Crippen molar-refractivity contribution in [1.29, 1.82) is 0 Å². The lowest BCUT2D eigenvalue weighted by Gasteiger charge is -2.43. The number of aryl methyl sites for hydroxylation is 1. The summed E-state index contributed by atoms with van der Waals surface area (Å²) in [5.74, 6) is 0. The monoisotopic (exact) mass is 241 g/mol. The van der Waals surface area contributed by atoms with E-state index < -0.39 is 0 Å². The van der Waals surface area contributed by atoms with Crippen LogP contribution in [0.2, 0.25) is 0 Å². The summed E-state index contributed by atoms with van der Waals surface area (Å²) in [5.41, 5.74) is 4.03. The fourth-order valence-electron chi connectivity index (χ4n) is 3.06. The number of imidazole rings is 1. The molecule has 0 amide bonds. The van der Waals surface area contributed by atoms with Crippen LogP contribution in [0.3, 0.4) is 0 Å². The van der Waals surface area contributed by atoms with Gasteiger partial charge in [0.1, 0.15) is 0 Å². The Kier molecular flexibility index (Phi) is 2.71. The van der Waals surface area contributed by atoms with Gasteiger partial charge in [0, 0.05) is 12.1 Å². The first kappa shape index (κ1) is 11.5. The van der Waals surface area contributed by atoms with Crippen molar-refractivity contribution in [3.63, 3.8) is 0 Å². The molecule has 0 bridgehead atoms. The number of nitrogens with one attached hydrogen (secondary N) is 1. The van der Waals surface area contributed by atoms with Crippen molar-refractivity contribution in [2.45, 2.75) is 24.8 Å². The molecule has 0 fully saturated rings. The fraction of sp³-hybridized carbons (Fsp3) is 0.400. The number of hydrogen-bond donors (Lipinski definition) is 1. The molecule has 94 valence electrons. The summed E-state index contributed by atoms with van der Waals surface area (Å²) in [6.07, 6.45) is 5.01. The lowest BCUT2D eigenvalue weighted by atomic mass is 9.76. The minimum absolute atomic E-state index is 0.0980. The number of aromatic amines is 1. The summed E-state index contributed by atoms with van der Waals surface area (Å²) >= 11 is 0. The maximum atomic E-state index is 4.40. The summed E-state index contributed by atoms with van der Waals surface area (Å²) in [7, 11) is 4.35. The van der Waals surface area contributed by atoms with Crippen LogP contribution in [0.4, 0.5) is 0 Å². The van der Waals surface area contributed by atoms with Gasteiger partial charge in [-0.25, -0.2) is 4.98 Å². The van der Waals surface area contributed by atoms with E-state index in [1.165, 1.54) is 17.0 Å². The molecule has 3 rings (SSSR count). The summed E-state index contributed by atoms with van der Waals surface area (Å²) in [5, 5.41) is 0. The number of likely N-dealkylation sites (N-methyl/N-ethyl adjacent to an activating group) is 1. The summed E-state index contributed by atoms with van der Waals surface area (Å²) in [6.45, 7) is 0. The lowest BCUT2D eigenvalue weighted by molar-refractivity contribution is 0.128. The summed E-state index contributed by atoms with van der Waals surface area (Å²) in [4.78, 5) is 10.1. The van der Waals surface area contributed by atoms with Crippen LogP contribution < -0.4 is 0 Å². The minimum atomic E-state index is 0.0980. The van der Waals surface area contributed by atoms with Gasteiger partial charge in [-0.1, -0.05) is 30.3 Å². The third kappa shape index (κ3) is 1.66.